The minimum Gasteiger partial charge on any atom is -0.497 e. The first-order chi connectivity index (χ1) is 14.0. The molecular weight excluding hydrogens is 390 g/mol. The molecule has 0 saturated carbocycles. The zero-order valence-corrected chi connectivity index (χ0v) is 17.5. The minimum absolute atomic E-state index is 0.0803. The van der Waals surface area contributed by atoms with Gasteiger partial charge in [-0.25, -0.2) is 4.98 Å². The number of fused-ring (bicyclic) bond motifs is 3. The number of nitrogens with one attached hydrogen (secondary N) is 1. The summed E-state index contributed by atoms with van der Waals surface area (Å²) in [6.45, 7) is 1.79. The second-order valence-corrected chi connectivity index (χ2v) is 8.20. The van der Waals surface area contributed by atoms with E-state index in [4.69, 9.17) is 9.47 Å². The fourth-order valence-electron chi connectivity index (χ4n) is 3.83. The predicted molar refractivity (Wildman–Crippen MR) is 112 cm³/mol. The van der Waals surface area contributed by atoms with Gasteiger partial charge in [0.15, 0.2) is 0 Å². The normalized spacial score (nSPS) is 13.9. The van der Waals surface area contributed by atoms with Gasteiger partial charge in [-0.15, -0.1) is 11.3 Å². The summed E-state index contributed by atoms with van der Waals surface area (Å²) in [6, 6.07) is 5.12. The van der Waals surface area contributed by atoms with Gasteiger partial charge in [0.25, 0.3) is 5.56 Å². The van der Waals surface area contributed by atoms with Crippen LogP contribution in [0.15, 0.2) is 29.3 Å². The number of rotatable bonds is 6. The molecule has 4 rings (SSSR count). The molecule has 8 heteroatoms. The molecule has 0 radical (unpaired) electrons. The molecule has 0 bridgehead atoms. The molecule has 0 unspecified atom stereocenters. The largest absolute Gasteiger partial charge is 0.497 e. The van der Waals surface area contributed by atoms with Crippen molar-refractivity contribution in [1.29, 1.82) is 0 Å². The lowest BCUT2D eigenvalue weighted by molar-refractivity contribution is -0.122. The minimum atomic E-state index is -0.315. The van der Waals surface area contributed by atoms with Crippen LogP contribution in [0, 0.1) is 0 Å². The molecule has 7 nitrogen and oxygen atoms in total. The van der Waals surface area contributed by atoms with E-state index in [1.165, 1.54) is 15.8 Å². The number of benzene rings is 1. The number of hydrogen-bond acceptors (Lipinski definition) is 6. The Labute approximate surface area is 172 Å². The molecule has 0 saturated heterocycles. The average Bonchev–Trinajstić information content (AvgIpc) is 3.30. The summed E-state index contributed by atoms with van der Waals surface area (Å²) in [5, 5.41) is 3.61. The van der Waals surface area contributed by atoms with E-state index < -0.39 is 0 Å². The third kappa shape index (κ3) is 3.60. The summed E-state index contributed by atoms with van der Waals surface area (Å²) in [4.78, 5) is 32.0. The Morgan fingerprint density at radius 3 is 2.90 bits per heavy atom. The van der Waals surface area contributed by atoms with Crippen LogP contribution >= 0.6 is 11.3 Å². The maximum atomic E-state index is 12.9. The average molecular weight is 413 g/mol. The summed E-state index contributed by atoms with van der Waals surface area (Å²) in [5.41, 5.74) is 1.78. The van der Waals surface area contributed by atoms with Gasteiger partial charge in [-0.2, -0.15) is 0 Å². The molecule has 1 aliphatic rings. The number of thiophene rings is 1. The van der Waals surface area contributed by atoms with E-state index in [1.54, 1.807) is 37.7 Å². The number of methoxy groups -OCH3 is 2. The molecule has 1 atom stereocenters. The van der Waals surface area contributed by atoms with E-state index in [2.05, 4.69) is 10.3 Å². The van der Waals surface area contributed by atoms with Crippen LogP contribution in [-0.2, 0) is 24.2 Å². The summed E-state index contributed by atoms with van der Waals surface area (Å²) in [6.07, 6.45) is 4.46. The Morgan fingerprint density at radius 2 is 2.14 bits per heavy atom. The standard InChI is InChI=1S/C21H23N3O4S/c1-12(15-9-13(27-2)7-8-16(15)28-3)23-18(25)10-24-11-22-20-19(21(24)26)14-5-4-6-17(14)29-20/h7-9,11-12H,4-6,10H2,1-3H3,(H,23,25)/t12-/m1/s1. The summed E-state index contributed by atoms with van der Waals surface area (Å²) < 4.78 is 12.1. The molecule has 1 N–H and O–H groups in total. The van der Waals surface area contributed by atoms with Gasteiger partial charge in [0, 0.05) is 10.4 Å². The number of aromatic nitrogens is 2. The lowest BCUT2D eigenvalue weighted by Crippen LogP contribution is -2.34. The van der Waals surface area contributed by atoms with Crippen molar-refractivity contribution in [2.45, 2.75) is 38.8 Å². The number of aryl methyl sites for hydroxylation is 2. The Kier molecular flexibility index (Phi) is 5.27. The van der Waals surface area contributed by atoms with Crippen LogP contribution < -0.4 is 20.3 Å². The molecule has 1 aromatic carbocycles. The van der Waals surface area contributed by atoms with Crippen LogP contribution in [0.2, 0.25) is 0 Å². The number of ether oxygens (including phenoxy) is 2. The highest BCUT2D eigenvalue weighted by molar-refractivity contribution is 7.18. The molecule has 1 aliphatic carbocycles. The van der Waals surface area contributed by atoms with Gasteiger partial charge in [-0.3, -0.25) is 14.2 Å². The second-order valence-electron chi connectivity index (χ2n) is 7.11. The van der Waals surface area contributed by atoms with Gasteiger partial charge in [0.05, 0.1) is 32.0 Å². The van der Waals surface area contributed by atoms with Crippen molar-refractivity contribution >= 4 is 27.5 Å². The lowest BCUT2D eigenvalue weighted by atomic mass is 10.1. The van der Waals surface area contributed by atoms with Crippen molar-refractivity contribution in [1.82, 2.24) is 14.9 Å². The highest BCUT2D eigenvalue weighted by atomic mass is 32.1. The van der Waals surface area contributed by atoms with Gasteiger partial charge >= 0.3 is 0 Å². The van der Waals surface area contributed by atoms with Crippen molar-refractivity contribution in [3.05, 3.63) is 50.9 Å². The molecule has 152 valence electrons. The van der Waals surface area contributed by atoms with Gasteiger partial charge in [-0.1, -0.05) is 0 Å². The summed E-state index contributed by atoms with van der Waals surface area (Å²) >= 11 is 1.59. The van der Waals surface area contributed by atoms with Gasteiger partial charge in [-0.05, 0) is 49.9 Å². The van der Waals surface area contributed by atoms with E-state index in [-0.39, 0.29) is 24.1 Å². The van der Waals surface area contributed by atoms with Gasteiger partial charge in [0.2, 0.25) is 5.91 Å². The van der Waals surface area contributed by atoms with Crippen LogP contribution in [0.1, 0.15) is 35.4 Å². The van der Waals surface area contributed by atoms with Crippen molar-refractivity contribution in [3.8, 4) is 11.5 Å². The first-order valence-corrected chi connectivity index (χ1v) is 10.3. The van der Waals surface area contributed by atoms with Gasteiger partial charge < -0.3 is 14.8 Å². The zero-order chi connectivity index (χ0) is 20.5. The van der Waals surface area contributed by atoms with Crippen molar-refractivity contribution < 1.29 is 14.3 Å². The first-order valence-electron chi connectivity index (χ1n) is 9.52. The second kappa shape index (κ2) is 7.87. The monoisotopic (exact) mass is 413 g/mol. The lowest BCUT2D eigenvalue weighted by Gasteiger charge is -2.18. The molecule has 3 aromatic rings. The third-order valence-electron chi connectivity index (χ3n) is 5.29. The Bertz CT molecular complexity index is 1130. The molecule has 2 heterocycles. The smallest absolute Gasteiger partial charge is 0.262 e. The molecule has 0 spiro atoms. The van der Waals surface area contributed by atoms with Crippen LogP contribution in [0.25, 0.3) is 10.2 Å². The predicted octanol–water partition coefficient (Wildman–Crippen LogP) is 2.84. The molecule has 29 heavy (non-hydrogen) atoms. The van der Waals surface area contributed by atoms with E-state index in [0.29, 0.717) is 16.9 Å². The molecule has 1 amide bonds. The number of hydrogen-bond donors (Lipinski definition) is 1. The summed E-state index contributed by atoms with van der Waals surface area (Å²) in [5.74, 6) is 1.07. The number of carbonyl (C=O) groups is 1. The number of amides is 1. The summed E-state index contributed by atoms with van der Waals surface area (Å²) in [7, 11) is 3.17. The van der Waals surface area contributed by atoms with E-state index in [1.807, 2.05) is 13.0 Å². The maximum Gasteiger partial charge on any atom is 0.262 e. The van der Waals surface area contributed by atoms with Crippen LogP contribution in [0.4, 0.5) is 0 Å². The number of nitrogens with zero attached hydrogens (tertiary/aromatic N) is 2. The fourth-order valence-corrected chi connectivity index (χ4v) is 5.05. The van der Waals surface area contributed by atoms with E-state index in [0.717, 1.165) is 35.2 Å². The van der Waals surface area contributed by atoms with Crippen LogP contribution in [-0.4, -0.2) is 29.7 Å². The topological polar surface area (TPSA) is 82.4 Å². The quantitative estimate of drug-likeness (QED) is 0.672. The fraction of sp³-hybridized carbons (Fsp3) is 0.381. The third-order valence-corrected chi connectivity index (χ3v) is 6.49. The van der Waals surface area contributed by atoms with E-state index >= 15 is 0 Å². The Balaban J connectivity index is 1.55. The molecule has 0 fully saturated rings. The van der Waals surface area contributed by atoms with Crippen LogP contribution in [0.3, 0.4) is 0 Å². The van der Waals surface area contributed by atoms with Crippen molar-refractivity contribution in [2.75, 3.05) is 14.2 Å². The Morgan fingerprint density at radius 1 is 1.31 bits per heavy atom. The molecular formula is C21H23N3O4S. The maximum absolute atomic E-state index is 12.9. The first kappa shape index (κ1) is 19.4. The Hall–Kier alpha value is -2.87. The SMILES string of the molecule is COc1ccc(OC)c([C@@H](C)NC(=O)Cn2cnc3sc4c(c3c2=O)CCC4)c1. The molecule has 2 aromatic heterocycles. The highest BCUT2D eigenvalue weighted by Gasteiger charge is 2.22. The zero-order valence-electron chi connectivity index (χ0n) is 16.7. The highest BCUT2D eigenvalue weighted by Crippen LogP contribution is 2.34. The van der Waals surface area contributed by atoms with Gasteiger partial charge in [0.1, 0.15) is 22.9 Å². The van der Waals surface area contributed by atoms with Crippen LogP contribution in [0.5, 0.6) is 11.5 Å². The van der Waals surface area contributed by atoms with Crippen molar-refractivity contribution in [3.63, 3.8) is 0 Å². The van der Waals surface area contributed by atoms with E-state index in [9.17, 15) is 9.59 Å². The van der Waals surface area contributed by atoms with Crippen molar-refractivity contribution in [2.24, 2.45) is 0 Å². The number of carbonyl (C=O) groups excluding carboxylic acids is 1. The molecule has 0 aliphatic heterocycles.